The van der Waals surface area contributed by atoms with E-state index in [1.807, 2.05) is 13.8 Å². The molecule has 0 aliphatic carbocycles. The Morgan fingerprint density at radius 1 is 1.47 bits per heavy atom. The summed E-state index contributed by atoms with van der Waals surface area (Å²) in [5.74, 6) is 0.0806. The highest BCUT2D eigenvalue weighted by molar-refractivity contribution is 5.82. The zero-order valence-corrected chi connectivity index (χ0v) is 10.9. The lowest BCUT2D eigenvalue weighted by atomic mass is 10.0. The minimum Gasteiger partial charge on any atom is -0.468 e. The maximum absolute atomic E-state index is 12.1. The number of rotatable bonds is 5. The average molecular weight is 242 g/mol. The molecule has 1 saturated heterocycles. The van der Waals surface area contributed by atoms with Gasteiger partial charge in [-0.25, -0.2) is 0 Å². The maximum atomic E-state index is 12.1. The van der Waals surface area contributed by atoms with Crippen LogP contribution < -0.4 is 5.32 Å². The van der Waals surface area contributed by atoms with Crippen molar-refractivity contribution in [1.82, 2.24) is 10.2 Å². The lowest BCUT2D eigenvalue weighted by Gasteiger charge is -2.26. The Kier molecular flexibility index (Phi) is 5.41. The Balaban J connectivity index is 2.50. The normalized spacial score (nSPS) is 19.4. The Bertz CT molecular complexity index is 273. The van der Waals surface area contributed by atoms with Gasteiger partial charge in [0, 0.05) is 12.5 Å². The standard InChI is InChI=1S/C12H22N2O3/c1-9(2)14(8-12(16)17-3)11(15)6-10-4-5-13-7-10/h9-10,13H,4-8H2,1-3H3. The van der Waals surface area contributed by atoms with Gasteiger partial charge in [-0.3, -0.25) is 9.59 Å². The molecule has 1 fully saturated rings. The summed E-state index contributed by atoms with van der Waals surface area (Å²) in [6, 6.07) is 0.0240. The van der Waals surface area contributed by atoms with Crippen molar-refractivity contribution in [2.75, 3.05) is 26.7 Å². The summed E-state index contributed by atoms with van der Waals surface area (Å²) >= 11 is 0. The van der Waals surface area contributed by atoms with Gasteiger partial charge in [0.2, 0.25) is 5.91 Å². The minimum absolute atomic E-state index is 0.0240. The number of nitrogens with one attached hydrogen (secondary N) is 1. The van der Waals surface area contributed by atoms with E-state index in [0.717, 1.165) is 19.5 Å². The van der Waals surface area contributed by atoms with E-state index in [9.17, 15) is 9.59 Å². The van der Waals surface area contributed by atoms with E-state index in [4.69, 9.17) is 0 Å². The van der Waals surface area contributed by atoms with Crippen molar-refractivity contribution in [3.63, 3.8) is 0 Å². The van der Waals surface area contributed by atoms with Crippen LogP contribution in [0, 0.1) is 5.92 Å². The second-order valence-corrected chi connectivity index (χ2v) is 4.75. The molecular weight excluding hydrogens is 220 g/mol. The van der Waals surface area contributed by atoms with E-state index >= 15 is 0 Å². The predicted molar refractivity (Wildman–Crippen MR) is 64.5 cm³/mol. The third-order valence-electron chi connectivity index (χ3n) is 3.10. The lowest BCUT2D eigenvalue weighted by Crippen LogP contribution is -2.41. The molecule has 5 heteroatoms. The van der Waals surface area contributed by atoms with E-state index in [1.165, 1.54) is 7.11 Å². The third kappa shape index (κ3) is 4.34. The smallest absolute Gasteiger partial charge is 0.325 e. The largest absolute Gasteiger partial charge is 0.468 e. The fraction of sp³-hybridized carbons (Fsp3) is 0.833. The first-order valence-electron chi connectivity index (χ1n) is 6.11. The molecule has 17 heavy (non-hydrogen) atoms. The Morgan fingerprint density at radius 2 is 2.18 bits per heavy atom. The fourth-order valence-corrected chi connectivity index (χ4v) is 2.02. The molecule has 5 nitrogen and oxygen atoms in total. The first-order chi connectivity index (χ1) is 8.04. The highest BCUT2D eigenvalue weighted by Crippen LogP contribution is 2.15. The third-order valence-corrected chi connectivity index (χ3v) is 3.10. The van der Waals surface area contributed by atoms with Gasteiger partial charge in [-0.05, 0) is 39.3 Å². The quantitative estimate of drug-likeness (QED) is 0.709. The molecule has 0 aromatic carbocycles. The van der Waals surface area contributed by atoms with Crippen LogP contribution in [0.25, 0.3) is 0 Å². The molecule has 0 bridgehead atoms. The maximum Gasteiger partial charge on any atom is 0.325 e. The molecule has 0 radical (unpaired) electrons. The molecule has 1 unspecified atom stereocenters. The number of hydrogen-bond acceptors (Lipinski definition) is 4. The molecule has 1 atom stereocenters. The number of nitrogens with zero attached hydrogens (tertiary/aromatic N) is 1. The molecule has 1 aliphatic rings. The molecule has 0 saturated carbocycles. The number of carbonyl (C=O) groups excluding carboxylic acids is 2. The first kappa shape index (κ1) is 14.0. The number of carbonyl (C=O) groups is 2. The van der Waals surface area contributed by atoms with E-state index in [2.05, 4.69) is 10.1 Å². The van der Waals surface area contributed by atoms with Crippen LogP contribution in [0.2, 0.25) is 0 Å². The van der Waals surface area contributed by atoms with Gasteiger partial charge in [0.1, 0.15) is 6.54 Å². The van der Waals surface area contributed by atoms with Crippen molar-refractivity contribution in [1.29, 1.82) is 0 Å². The van der Waals surface area contributed by atoms with E-state index in [1.54, 1.807) is 4.90 Å². The summed E-state index contributed by atoms with van der Waals surface area (Å²) in [5, 5.41) is 3.24. The van der Waals surface area contributed by atoms with Gasteiger partial charge in [-0.1, -0.05) is 0 Å². The average Bonchev–Trinajstić information content (AvgIpc) is 2.77. The summed E-state index contributed by atoms with van der Waals surface area (Å²) in [7, 11) is 1.34. The number of esters is 1. The first-order valence-corrected chi connectivity index (χ1v) is 6.11. The molecule has 0 spiro atoms. The molecule has 98 valence electrons. The van der Waals surface area contributed by atoms with Crippen LogP contribution in [0.3, 0.4) is 0 Å². The highest BCUT2D eigenvalue weighted by Gasteiger charge is 2.25. The molecular formula is C12H22N2O3. The summed E-state index contributed by atoms with van der Waals surface area (Å²) in [6.07, 6.45) is 1.55. The van der Waals surface area contributed by atoms with Gasteiger partial charge in [0.05, 0.1) is 7.11 Å². The number of hydrogen-bond donors (Lipinski definition) is 1. The molecule has 1 amide bonds. The van der Waals surface area contributed by atoms with E-state index < -0.39 is 0 Å². The van der Waals surface area contributed by atoms with Crippen LogP contribution in [0.15, 0.2) is 0 Å². The van der Waals surface area contributed by atoms with Crippen LogP contribution in [0.4, 0.5) is 0 Å². The molecule has 1 aliphatic heterocycles. The summed E-state index contributed by atoms with van der Waals surface area (Å²) in [4.78, 5) is 24.9. The van der Waals surface area contributed by atoms with Gasteiger partial charge in [0.15, 0.2) is 0 Å². The molecule has 1 N–H and O–H groups in total. The van der Waals surface area contributed by atoms with Gasteiger partial charge in [0.25, 0.3) is 0 Å². The Morgan fingerprint density at radius 3 is 2.65 bits per heavy atom. The van der Waals surface area contributed by atoms with E-state index in [0.29, 0.717) is 12.3 Å². The van der Waals surface area contributed by atoms with Crippen molar-refractivity contribution >= 4 is 11.9 Å². The summed E-state index contributed by atoms with van der Waals surface area (Å²) in [5.41, 5.74) is 0. The highest BCUT2D eigenvalue weighted by atomic mass is 16.5. The zero-order valence-electron chi connectivity index (χ0n) is 10.9. The minimum atomic E-state index is -0.364. The second kappa shape index (κ2) is 6.59. The van der Waals surface area contributed by atoms with E-state index in [-0.39, 0.29) is 24.5 Å². The van der Waals surface area contributed by atoms with Gasteiger partial charge in [-0.15, -0.1) is 0 Å². The van der Waals surface area contributed by atoms with Gasteiger partial charge in [-0.2, -0.15) is 0 Å². The molecule has 0 aromatic heterocycles. The van der Waals surface area contributed by atoms with Crippen molar-refractivity contribution in [3.8, 4) is 0 Å². The number of methoxy groups -OCH3 is 1. The van der Waals surface area contributed by atoms with Crippen molar-refractivity contribution in [3.05, 3.63) is 0 Å². The van der Waals surface area contributed by atoms with Crippen LogP contribution >= 0.6 is 0 Å². The van der Waals surface area contributed by atoms with Crippen molar-refractivity contribution in [2.45, 2.75) is 32.7 Å². The monoisotopic (exact) mass is 242 g/mol. The van der Waals surface area contributed by atoms with Gasteiger partial charge < -0.3 is 15.0 Å². The summed E-state index contributed by atoms with van der Waals surface area (Å²) in [6.45, 7) is 5.75. The fourth-order valence-electron chi connectivity index (χ4n) is 2.02. The number of ether oxygens (including phenoxy) is 1. The Hall–Kier alpha value is -1.10. The topological polar surface area (TPSA) is 58.6 Å². The molecule has 1 rings (SSSR count). The van der Waals surface area contributed by atoms with Crippen LogP contribution in [-0.2, 0) is 14.3 Å². The SMILES string of the molecule is COC(=O)CN(C(=O)CC1CCNC1)C(C)C. The lowest BCUT2D eigenvalue weighted by molar-refractivity contribution is -0.148. The zero-order chi connectivity index (χ0) is 12.8. The van der Waals surface area contributed by atoms with Crippen LogP contribution in [0.1, 0.15) is 26.7 Å². The molecule has 0 aromatic rings. The summed E-state index contributed by atoms with van der Waals surface area (Å²) < 4.78 is 4.61. The van der Waals surface area contributed by atoms with Crippen molar-refractivity contribution in [2.24, 2.45) is 5.92 Å². The van der Waals surface area contributed by atoms with Crippen LogP contribution in [0.5, 0.6) is 0 Å². The second-order valence-electron chi connectivity index (χ2n) is 4.75. The Labute approximate surface area is 102 Å². The van der Waals surface area contributed by atoms with Crippen LogP contribution in [-0.4, -0.2) is 49.6 Å². The number of amides is 1. The molecule has 1 heterocycles. The van der Waals surface area contributed by atoms with Gasteiger partial charge >= 0.3 is 5.97 Å². The predicted octanol–water partition coefficient (Wildman–Crippen LogP) is 0.396. The van der Waals surface area contributed by atoms with Crippen molar-refractivity contribution < 1.29 is 14.3 Å².